The Hall–Kier alpha value is -1.64. The summed E-state index contributed by atoms with van der Waals surface area (Å²) in [6, 6.07) is 8.08. The molecule has 1 aromatic heterocycles. The van der Waals surface area contributed by atoms with Crippen molar-refractivity contribution >= 4 is 37.1 Å². The second kappa shape index (κ2) is 5.63. The average molecular weight is 347 g/mol. The SMILES string of the molecule is CS(=O)(=O)c1ccc(NS(=O)(=O)c2ccc(Cl)nc2)cc1. The molecule has 21 heavy (non-hydrogen) atoms. The van der Waals surface area contributed by atoms with E-state index in [0.717, 1.165) is 12.5 Å². The van der Waals surface area contributed by atoms with E-state index in [1.165, 1.54) is 36.4 Å². The van der Waals surface area contributed by atoms with Gasteiger partial charge in [-0.25, -0.2) is 21.8 Å². The molecule has 1 aromatic carbocycles. The van der Waals surface area contributed by atoms with Crippen molar-refractivity contribution in [2.24, 2.45) is 0 Å². The van der Waals surface area contributed by atoms with E-state index < -0.39 is 19.9 Å². The molecule has 0 aliphatic rings. The normalized spacial score (nSPS) is 12.1. The molecule has 1 N–H and O–H groups in total. The minimum atomic E-state index is -3.80. The fourth-order valence-corrected chi connectivity index (χ4v) is 3.25. The second-order valence-electron chi connectivity index (χ2n) is 4.22. The van der Waals surface area contributed by atoms with Gasteiger partial charge < -0.3 is 0 Å². The van der Waals surface area contributed by atoms with E-state index in [9.17, 15) is 16.8 Å². The van der Waals surface area contributed by atoms with Crippen LogP contribution in [0.1, 0.15) is 0 Å². The van der Waals surface area contributed by atoms with Crippen LogP contribution in [0.25, 0.3) is 0 Å². The highest BCUT2D eigenvalue weighted by Gasteiger charge is 2.15. The van der Waals surface area contributed by atoms with E-state index in [2.05, 4.69) is 9.71 Å². The smallest absolute Gasteiger partial charge is 0.263 e. The Morgan fingerprint density at radius 1 is 0.952 bits per heavy atom. The van der Waals surface area contributed by atoms with Gasteiger partial charge in [-0.1, -0.05) is 11.6 Å². The van der Waals surface area contributed by atoms with Gasteiger partial charge in [0.25, 0.3) is 10.0 Å². The van der Waals surface area contributed by atoms with Crippen molar-refractivity contribution in [3.8, 4) is 0 Å². The molecule has 112 valence electrons. The number of nitrogens with one attached hydrogen (secondary N) is 1. The molecule has 0 atom stereocenters. The lowest BCUT2D eigenvalue weighted by Gasteiger charge is -2.08. The van der Waals surface area contributed by atoms with Crippen LogP contribution in [0, 0.1) is 0 Å². The number of sulfonamides is 1. The Labute approximate surface area is 127 Å². The standard InChI is InChI=1S/C12H11ClN2O4S2/c1-20(16,17)10-4-2-9(3-5-10)15-21(18,19)11-6-7-12(13)14-8-11/h2-8,15H,1H3. The fourth-order valence-electron chi connectivity index (χ4n) is 1.51. The summed E-state index contributed by atoms with van der Waals surface area (Å²) in [5, 5.41) is 0.187. The van der Waals surface area contributed by atoms with Crippen molar-refractivity contribution < 1.29 is 16.8 Å². The van der Waals surface area contributed by atoms with Crippen LogP contribution in [0.2, 0.25) is 5.15 Å². The molecular formula is C12H11ClN2O4S2. The van der Waals surface area contributed by atoms with Crippen molar-refractivity contribution in [1.82, 2.24) is 4.98 Å². The second-order valence-corrected chi connectivity index (χ2v) is 8.30. The zero-order valence-corrected chi connectivity index (χ0v) is 13.2. The van der Waals surface area contributed by atoms with Gasteiger partial charge in [0.05, 0.1) is 4.90 Å². The molecular weight excluding hydrogens is 336 g/mol. The van der Waals surface area contributed by atoms with Gasteiger partial charge in [-0.2, -0.15) is 0 Å². The van der Waals surface area contributed by atoms with Gasteiger partial charge in [-0.05, 0) is 36.4 Å². The van der Waals surface area contributed by atoms with Crippen molar-refractivity contribution in [3.63, 3.8) is 0 Å². The summed E-state index contributed by atoms with van der Waals surface area (Å²) in [5.74, 6) is 0. The quantitative estimate of drug-likeness (QED) is 0.854. The molecule has 6 nitrogen and oxygen atoms in total. The number of sulfone groups is 1. The fraction of sp³-hybridized carbons (Fsp3) is 0.0833. The lowest BCUT2D eigenvalue weighted by atomic mass is 10.3. The maximum Gasteiger partial charge on any atom is 0.263 e. The predicted octanol–water partition coefficient (Wildman–Crippen LogP) is 1.94. The van der Waals surface area contributed by atoms with Gasteiger partial charge >= 0.3 is 0 Å². The minimum absolute atomic E-state index is 0.0425. The van der Waals surface area contributed by atoms with E-state index in [-0.39, 0.29) is 20.6 Å². The maximum atomic E-state index is 12.1. The van der Waals surface area contributed by atoms with Crippen molar-refractivity contribution in [1.29, 1.82) is 0 Å². The minimum Gasteiger partial charge on any atom is -0.280 e. The third-order valence-corrected chi connectivity index (χ3v) is 5.26. The van der Waals surface area contributed by atoms with E-state index in [0.29, 0.717) is 0 Å². The average Bonchev–Trinajstić information content (AvgIpc) is 2.38. The molecule has 1 heterocycles. The first-order valence-electron chi connectivity index (χ1n) is 5.63. The summed E-state index contributed by atoms with van der Waals surface area (Å²) in [6.07, 6.45) is 2.21. The number of benzene rings is 1. The summed E-state index contributed by atoms with van der Waals surface area (Å²) in [4.78, 5) is 3.77. The highest BCUT2D eigenvalue weighted by molar-refractivity contribution is 7.92. The summed E-state index contributed by atoms with van der Waals surface area (Å²) in [7, 11) is -7.12. The summed E-state index contributed by atoms with van der Waals surface area (Å²) in [6.45, 7) is 0. The Kier molecular flexibility index (Phi) is 4.22. The number of anilines is 1. The van der Waals surface area contributed by atoms with E-state index in [1.807, 2.05) is 0 Å². The third-order valence-electron chi connectivity index (χ3n) is 2.55. The number of rotatable bonds is 4. The molecule has 2 rings (SSSR count). The Morgan fingerprint density at radius 2 is 1.52 bits per heavy atom. The first kappa shape index (κ1) is 15.7. The van der Waals surface area contributed by atoms with Crippen molar-refractivity contribution in [2.45, 2.75) is 9.79 Å². The first-order chi connectivity index (χ1) is 9.68. The van der Waals surface area contributed by atoms with Gasteiger partial charge in [-0.3, -0.25) is 4.72 Å². The molecule has 0 saturated carbocycles. The summed E-state index contributed by atoms with van der Waals surface area (Å²) in [5.41, 5.74) is 0.248. The predicted molar refractivity (Wildman–Crippen MR) is 79.6 cm³/mol. The number of pyridine rings is 1. The van der Waals surface area contributed by atoms with Gasteiger partial charge in [0.2, 0.25) is 0 Å². The van der Waals surface area contributed by atoms with Crippen molar-refractivity contribution in [3.05, 3.63) is 47.7 Å². The molecule has 9 heteroatoms. The lowest BCUT2D eigenvalue weighted by molar-refractivity contribution is 0.600. The van der Waals surface area contributed by atoms with Crippen LogP contribution in [-0.4, -0.2) is 28.1 Å². The Bertz CT molecular complexity index is 845. The zero-order chi connectivity index (χ0) is 15.7. The van der Waals surface area contributed by atoms with Gasteiger partial charge in [0.1, 0.15) is 10.0 Å². The van der Waals surface area contributed by atoms with Crippen LogP contribution in [0.5, 0.6) is 0 Å². The number of hydrogen-bond acceptors (Lipinski definition) is 5. The van der Waals surface area contributed by atoms with Crippen LogP contribution in [0.15, 0.2) is 52.4 Å². The largest absolute Gasteiger partial charge is 0.280 e. The van der Waals surface area contributed by atoms with Crippen molar-refractivity contribution in [2.75, 3.05) is 11.0 Å². The molecule has 0 aliphatic heterocycles. The highest BCUT2D eigenvalue weighted by atomic mass is 35.5. The molecule has 0 aliphatic carbocycles. The third kappa shape index (κ3) is 3.93. The molecule has 0 amide bonds. The summed E-state index contributed by atoms with van der Waals surface area (Å²) < 4.78 is 49.1. The van der Waals surface area contributed by atoms with Crippen LogP contribution in [-0.2, 0) is 19.9 Å². The first-order valence-corrected chi connectivity index (χ1v) is 9.38. The zero-order valence-electron chi connectivity index (χ0n) is 10.8. The van der Waals surface area contributed by atoms with E-state index >= 15 is 0 Å². The van der Waals surface area contributed by atoms with Gasteiger partial charge in [0.15, 0.2) is 9.84 Å². The van der Waals surface area contributed by atoms with Crippen LogP contribution in [0.3, 0.4) is 0 Å². The van der Waals surface area contributed by atoms with Gasteiger partial charge in [0, 0.05) is 18.1 Å². The lowest BCUT2D eigenvalue weighted by Crippen LogP contribution is -2.13. The number of nitrogens with zero attached hydrogens (tertiary/aromatic N) is 1. The highest BCUT2D eigenvalue weighted by Crippen LogP contribution is 2.18. The molecule has 2 aromatic rings. The van der Waals surface area contributed by atoms with Crippen LogP contribution < -0.4 is 4.72 Å². The molecule has 0 unspecified atom stereocenters. The van der Waals surface area contributed by atoms with E-state index in [1.54, 1.807) is 0 Å². The Balaban J connectivity index is 2.27. The maximum absolute atomic E-state index is 12.1. The molecule has 0 bridgehead atoms. The monoisotopic (exact) mass is 346 g/mol. The van der Waals surface area contributed by atoms with E-state index in [4.69, 9.17) is 11.6 Å². The van der Waals surface area contributed by atoms with Crippen LogP contribution in [0.4, 0.5) is 5.69 Å². The topological polar surface area (TPSA) is 93.2 Å². The summed E-state index contributed by atoms with van der Waals surface area (Å²) >= 11 is 5.60. The molecule has 0 saturated heterocycles. The molecule has 0 radical (unpaired) electrons. The molecule has 0 fully saturated rings. The van der Waals surface area contributed by atoms with Crippen LogP contribution >= 0.6 is 11.6 Å². The number of hydrogen-bond donors (Lipinski definition) is 1. The van der Waals surface area contributed by atoms with Gasteiger partial charge in [-0.15, -0.1) is 0 Å². The molecule has 0 spiro atoms. The number of aromatic nitrogens is 1. The number of halogens is 1. The Morgan fingerprint density at radius 3 is 2.00 bits per heavy atom.